The van der Waals surface area contributed by atoms with E-state index in [1.54, 1.807) is 0 Å². The number of hydrogen-bond acceptors (Lipinski definition) is 3. The van der Waals surface area contributed by atoms with Gasteiger partial charge in [-0.1, -0.05) is 44.2 Å². The molecule has 0 saturated heterocycles. The number of benzene rings is 2. The molecule has 0 aromatic heterocycles. The number of carbonyl (C=O) groups is 2. The molecule has 4 nitrogen and oxygen atoms in total. The Labute approximate surface area is 180 Å². The molecule has 0 heterocycles. The largest absolute Gasteiger partial charge is 0.493 e. The Bertz CT molecular complexity index is 853. The van der Waals surface area contributed by atoms with Crippen molar-refractivity contribution in [1.29, 1.82) is 0 Å². The molecule has 1 amide bonds. The van der Waals surface area contributed by atoms with Crippen LogP contribution in [0.2, 0.25) is 0 Å². The Morgan fingerprint density at radius 2 is 1.77 bits per heavy atom. The van der Waals surface area contributed by atoms with Crippen LogP contribution in [0.15, 0.2) is 42.5 Å². The second kappa shape index (κ2) is 11.0. The van der Waals surface area contributed by atoms with Gasteiger partial charge in [-0.2, -0.15) is 0 Å². The highest BCUT2D eigenvalue weighted by atomic mass is 16.5. The van der Waals surface area contributed by atoms with Crippen LogP contribution in [0.25, 0.3) is 0 Å². The van der Waals surface area contributed by atoms with E-state index < -0.39 is 0 Å². The van der Waals surface area contributed by atoms with Crippen LogP contribution in [-0.4, -0.2) is 18.3 Å². The number of rotatable bonds is 7. The molecule has 0 atom stereocenters. The van der Waals surface area contributed by atoms with Crippen molar-refractivity contribution in [2.45, 2.75) is 65.3 Å². The quantitative estimate of drug-likeness (QED) is 0.680. The van der Waals surface area contributed by atoms with Crippen LogP contribution in [-0.2, 0) is 24.2 Å². The SMILES string of the molecule is CCC(=O)NCc1ccc(CC)cc1.O=C1CCCc2ccc(OCC3CC3)cc21. The fourth-order valence-electron chi connectivity index (χ4n) is 3.41. The third kappa shape index (κ3) is 6.72. The van der Waals surface area contributed by atoms with Crippen molar-refractivity contribution >= 4 is 11.7 Å². The van der Waals surface area contributed by atoms with Crippen molar-refractivity contribution in [3.8, 4) is 5.75 Å². The molecule has 0 spiro atoms. The molecule has 30 heavy (non-hydrogen) atoms. The van der Waals surface area contributed by atoms with E-state index in [1.807, 2.05) is 19.1 Å². The monoisotopic (exact) mass is 407 g/mol. The molecule has 0 bridgehead atoms. The van der Waals surface area contributed by atoms with Crippen LogP contribution in [0.1, 0.15) is 73.0 Å². The molecular weight excluding hydrogens is 374 g/mol. The molecule has 1 N–H and O–H groups in total. The number of hydrogen-bond donors (Lipinski definition) is 1. The Kier molecular flexibility index (Phi) is 8.06. The molecule has 1 saturated carbocycles. The highest BCUT2D eigenvalue weighted by Gasteiger charge is 2.22. The zero-order valence-corrected chi connectivity index (χ0v) is 18.2. The van der Waals surface area contributed by atoms with E-state index in [-0.39, 0.29) is 11.7 Å². The summed E-state index contributed by atoms with van der Waals surface area (Å²) in [7, 11) is 0. The third-order valence-corrected chi connectivity index (χ3v) is 5.66. The Morgan fingerprint density at radius 3 is 2.43 bits per heavy atom. The van der Waals surface area contributed by atoms with Gasteiger partial charge in [0.15, 0.2) is 5.78 Å². The molecule has 2 aromatic rings. The summed E-state index contributed by atoms with van der Waals surface area (Å²) in [6.45, 7) is 5.44. The van der Waals surface area contributed by atoms with E-state index in [0.29, 0.717) is 19.4 Å². The molecular formula is C26H33NO3. The molecule has 1 fully saturated rings. The van der Waals surface area contributed by atoms with E-state index in [2.05, 4.69) is 42.6 Å². The van der Waals surface area contributed by atoms with Gasteiger partial charge >= 0.3 is 0 Å². The van der Waals surface area contributed by atoms with E-state index >= 15 is 0 Å². The van der Waals surface area contributed by atoms with Crippen molar-refractivity contribution in [3.05, 3.63) is 64.7 Å². The van der Waals surface area contributed by atoms with Crippen LogP contribution < -0.4 is 10.1 Å². The highest BCUT2D eigenvalue weighted by molar-refractivity contribution is 5.98. The molecule has 0 aliphatic heterocycles. The topological polar surface area (TPSA) is 55.4 Å². The number of aryl methyl sites for hydroxylation is 2. The van der Waals surface area contributed by atoms with E-state index in [1.165, 1.54) is 24.0 Å². The second-order valence-corrected chi connectivity index (χ2v) is 8.15. The van der Waals surface area contributed by atoms with Crippen LogP contribution in [0.5, 0.6) is 5.75 Å². The zero-order chi connectivity index (χ0) is 21.3. The van der Waals surface area contributed by atoms with Gasteiger partial charge in [0.05, 0.1) is 6.61 Å². The summed E-state index contributed by atoms with van der Waals surface area (Å²) in [5, 5.41) is 2.85. The van der Waals surface area contributed by atoms with E-state index in [4.69, 9.17) is 4.74 Å². The van der Waals surface area contributed by atoms with Gasteiger partial charge in [-0.05, 0) is 66.8 Å². The number of Topliss-reactive ketones (excluding diaryl/α,β-unsaturated/α-hetero) is 1. The van der Waals surface area contributed by atoms with Gasteiger partial charge in [-0.15, -0.1) is 0 Å². The predicted octanol–water partition coefficient (Wildman–Crippen LogP) is 5.27. The number of amides is 1. The average Bonchev–Trinajstić information content (AvgIpc) is 3.62. The molecule has 0 radical (unpaired) electrons. The maximum absolute atomic E-state index is 11.7. The fraction of sp³-hybridized carbons (Fsp3) is 0.462. The number of carbonyl (C=O) groups excluding carboxylic acids is 2. The van der Waals surface area contributed by atoms with Crippen LogP contribution >= 0.6 is 0 Å². The third-order valence-electron chi connectivity index (χ3n) is 5.66. The molecule has 4 rings (SSSR count). The smallest absolute Gasteiger partial charge is 0.219 e. The standard InChI is InChI=1S/C14H16O2.C12H17NO/c15-14-3-1-2-11-6-7-12(8-13(11)14)16-9-10-4-5-10;1-3-10-5-7-11(8-6-10)9-13-12(14)4-2/h6-8,10H,1-5,9H2;5-8H,3-4,9H2,1-2H3,(H,13,14). The van der Waals surface area contributed by atoms with Gasteiger partial charge < -0.3 is 10.1 Å². The highest BCUT2D eigenvalue weighted by Crippen LogP contribution is 2.31. The Morgan fingerprint density at radius 1 is 1.03 bits per heavy atom. The minimum Gasteiger partial charge on any atom is -0.493 e. The zero-order valence-electron chi connectivity index (χ0n) is 18.2. The minimum absolute atomic E-state index is 0.101. The fourth-order valence-corrected chi connectivity index (χ4v) is 3.41. The molecule has 2 aromatic carbocycles. The first-order valence-corrected chi connectivity index (χ1v) is 11.2. The molecule has 0 unspecified atom stereocenters. The predicted molar refractivity (Wildman–Crippen MR) is 120 cm³/mol. The summed E-state index contributed by atoms with van der Waals surface area (Å²) in [6.07, 6.45) is 6.92. The lowest BCUT2D eigenvalue weighted by Gasteiger charge is -2.15. The lowest BCUT2D eigenvalue weighted by atomic mass is 9.90. The molecule has 2 aliphatic carbocycles. The lowest BCUT2D eigenvalue weighted by Crippen LogP contribution is -2.21. The van der Waals surface area contributed by atoms with Gasteiger partial charge in [-0.25, -0.2) is 0 Å². The Hall–Kier alpha value is -2.62. The van der Waals surface area contributed by atoms with Crippen LogP contribution in [0, 0.1) is 5.92 Å². The van der Waals surface area contributed by atoms with Gasteiger partial charge in [0, 0.05) is 24.9 Å². The summed E-state index contributed by atoms with van der Waals surface area (Å²) < 4.78 is 5.69. The van der Waals surface area contributed by atoms with Crippen LogP contribution in [0.4, 0.5) is 0 Å². The normalized spacial score (nSPS) is 14.9. The first-order valence-electron chi connectivity index (χ1n) is 11.2. The average molecular weight is 408 g/mol. The maximum Gasteiger partial charge on any atom is 0.219 e. The number of nitrogens with one attached hydrogen (secondary N) is 1. The second-order valence-electron chi connectivity index (χ2n) is 8.15. The molecule has 160 valence electrons. The summed E-state index contributed by atoms with van der Waals surface area (Å²) in [5.41, 5.74) is 4.56. The van der Waals surface area contributed by atoms with Gasteiger partial charge in [0.2, 0.25) is 5.91 Å². The first kappa shape index (κ1) is 22.1. The maximum atomic E-state index is 11.7. The number of fused-ring (bicyclic) bond motifs is 1. The number of ether oxygens (including phenoxy) is 1. The molecule has 2 aliphatic rings. The summed E-state index contributed by atoms with van der Waals surface area (Å²) in [6, 6.07) is 14.3. The molecule has 4 heteroatoms. The summed E-state index contributed by atoms with van der Waals surface area (Å²) in [4.78, 5) is 22.7. The minimum atomic E-state index is 0.101. The summed E-state index contributed by atoms with van der Waals surface area (Å²) >= 11 is 0. The lowest BCUT2D eigenvalue weighted by molar-refractivity contribution is -0.120. The first-order chi connectivity index (χ1) is 14.6. The van der Waals surface area contributed by atoms with E-state index in [0.717, 1.165) is 48.7 Å². The van der Waals surface area contributed by atoms with Gasteiger partial charge in [0.25, 0.3) is 0 Å². The summed E-state index contributed by atoms with van der Waals surface area (Å²) in [5.74, 6) is 2.00. The van der Waals surface area contributed by atoms with Crippen molar-refractivity contribution in [2.75, 3.05) is 6.61 Å². The van der Waals surface area contributed by atoms with Crippen molar-refractivity contribution in [1.82, 2.24) is 5.32 Å². The number of ketones is 1. The van der Waals surface area contributed by atoms with E-state index in [9.17, 15) is 9.59 Å². The van der Waals surface area contributed by atoms with Crippen molar-refractivity contribution < 1.29 is 14.3 Å². The van der Waals surface area contributed by atoms with Crippen molar-refractivity contribution in [2.24, 2.45) is 5.92 Å². The van der Waals surface area contributed by atoms with Gasteiger partial charge in [-0.3, -0.25) is 9.59 Å². The van der Waals surface area contributed by atoms with Gasteiger partial charge in [0.1, 0.15) is 5.75 Å². The van der Waals surface area contributed by atoms with Crippen LogP contribution in [0.3, 0.4) is 0 Å². The Balaban J connectivity index is 0.000000173. The van der Waals surface area contributed by atoms with Crippen molar-refractivity contribution in [3.63, 3.8) is 0 Å².